The maximum Gasteiger partial charge on any atom is 0.458 e. The third kappa shape index (κ3) is 1.68. The van der Waals surface area contributed by atoms with E-state index in [4.69, 9.17) is 0 Å². The molecule has 1 rings (SSSR count). The maximum absolute atomic E-state index is 11.9. The summed E-state index contributed by atoms with van der Waals surface area (Å²) in [5.74, 6) is -2.41. The van der Waals surface area contributed by atoms with E-state index in [9.17, 15) is 18.0 Å². The minimum absolute atomic E-state index is 0.257. The van der Waals surface area contributed by atoms with Gasteiger partial charge in [0.1, 0.15) is 5.82 Å². The molecule has 0 fully saturated rings. The lowest BCUT2D eigenvalue weighted by Gasteiger charge is -2.03. The van der Waals surface area contributed by atoms with Gasteiger partial charge in [-0.05, 0) is 6.92 Å². The van der Waals surface area contributed by atoms with Crippen LogP contribution >= 0.6 is 0 Å². The van der Waals surface area contributed by atoms with Crippen molar-refractivity contribution in [3.8, 4) is 0 Å². The van der Waals surface area contributed by atoms with Crippen molar-refractivity contribution < 1.29 is 18.0 Å². The largest absolute Gasteiger partial charge is 0.458 e. The van der Waals surface area contributed by atoms with Crippen molar-refractivity contribution in [3.05, 3.63) is 11.6 Å². The molecule has 0 aliphatic carbocycles. The van der Waals surface area contributed by atoms with E-state index in [-0.39, 0.29) is 5.82 Å². The van der Waals surface area contributed by atoms with Gasteiger partial charge >= 0.3 is 12.0 Å². The topological polar surface area (TPSA) is 47.8 Å². The number of rotatable bonds is 1. The first kappa shape index (κ1) is 9.69. The highest BCUT2D eigenvalue weighted by Crippen LogP contribution is 2.20. The van der Waals surface area contributed by atoms with E-state index in [0.717, 1.165) is 4.57 Å². The summed E-state index contributed by atoms with van der Waals surface area (Å²) in [6, 6.07) is 0. The predicted octanol–water partition coefficient (Wildman–Crippen LogP) is 0.869. The van der Waals surface area contributed by atoms with Gasteiger partial charge in [-0.2, -0.15) is 13.2 Å². The Kier molecular flexibility index (Phi) is 2.10. The summed E-state index contributed by atoms with van der Waals surface area (Å²) in [6.07, 6.45) is -4.90. The molecule has 72 valence electrons. The van der Waals surface area contributed by atoms with Crippen molar-refractivity contribution in [2.75, 3.05) is 0 Å². The Morgan fingerprint density at radius 3 is 2.23 bits per heavy atom. The van der Waals surface area contributed by atoms with Crippen LogP contribution in [0.15, 0.2) is 0 Å². The van der Waals surface area contributed by atoms with Crippen molar-refractivity contribution in [3.63, 3.8) is 0 Å². The van der Waals surface area contributed by atoms with Crippen LogP contribution in [0.25, 0.3) is 0 Å². The first-order chi connectivity index (χ1) is 5.84. The van der Waals surface area contributed by atoms with E-state index in [1.165, 1.54) is 14.0 Å². The Morgan fingerprint density at radius 2 is 1.92 bits per heavy atom. The van der Waals surface area contributed by atoms with Gasteiger partial charge in [0, 0.05) is 7.05 Å². The molecule has 0 aromatic carbocycles. The van der Waals surface area contributed by atoms with Gasteiger partial charge in [0.05, 0.1) is 0 Å². The number of hydrogen-bond acceptors (Lipinski definition) is 3. The molecule has 0 bridgehead atoms. The molecule has 0 spiro atoms. The van der Waals surface area contributed by atoms with Crippen LogP contribution < -0.4 is 0 Å². The number of hydrogen-bond donors (Lipinski definition) is 0. The molecule has 0 N–H and O–H groups in total. The highest BCUT2D eigenvalue weighted by atomic mass is 19.4. The minimum atomic E-state index is -4.90. The summed E-state index contributed by atoms with van der Waals surface area (Å²) in [5.41, 5.74) is 0. The standard InChI is InChI=1S/C6H6F3N3O/c1-3-10-11-5(12(3)2)4(13)6(7,8)9/h1-2H3. The number of Topliss-reactive ketones (excluding diaryl/α,β-unsaturated/α-hetero) is 1. The van der Waals surface area contributed by atoms with Crippen LogP contribution in [0.2, 0.25) is 0 Å². The third-order valence-corrected chi connectivity index (χ3v) is 1.55. The second kappa shape index (κ2) is 2.82. The molecular weight excluding hydrogens is 187 g/mol. The molecule has 0 unspecified atom stereocenters. The summed E-state index contributed by atoms with van der Waals surface area (Å²) in [5, 5.41) is 6.47. The summed E-state index contributed by atoms with van der Waals surface area (Å²) in [6.45, 7) is 1.46. The van der Waals surface area contributed by atoms with E-state index >= 15 is 0 Å². The van der Waals surface area contributed by atoms with Gasteiger partial charge in [-0.15, -0.1) is 10.2 Å². The quantitative estimate of drug-likeness (QED) is 0.621. The average Bonchev–Trinajstić information content (AvgIpc) is 2.30. The van der Waals surface area contributed by atoms with Crippen LogP contribution in [-0.4, -0.2) is 26.7 Å². The Hall–Kier alpha value is -1.40. The average molecular weight is 193 g/mol. The molecule has 4 nitrogen and oxygen atoms in total. The maximum atomic E-state index is 11.9. The normalized spacial score (nSPS) is 11.8. The van der Waals surface area contributed by atoms with Gasteiger partial charge in [0.15, 0.2) is 0 Å². The molecule has 7 heteroatoms. The van der Waals surface area contributed by atoms with Gasteiger partial charge in [-0.25, -0.2) is 0 Å². The molecule has 0 amide bonds. The number of nitrogens with zero attached hydrogens (tertiary/aromatic N) is 3. The van der Waals surface area contributed by atoms with E-state index < -0.39 is 17.8 Å². The van der Waals surface area contributed by atoms with Crippen LogP contribution in [-0.2, 0) is 7.05 Å². The van der Waals surface area contributed by atoms with Crippen molar-refractivity contribution in [2.24, 2.45) is 7.05 Å². The predicted molar refractivity (Wildman–Crippen MR) is 36.1 cm³/mol. The van der Waals surface area contributed by atoms with Crippen LogP contribution in [0.1, 0.15) is 16.4 Å². The van der Waals surface area contributed by atoms with Crippen molar-refractivity contribution in [1.29, 1.82) is 0 Å². The second-order valence-electron chi connectivity index (χ2n) is 2.46. The fraction of sp³-hybridized carbons (Fsp3) is 0.500. The van der Waals surface area contributed by atoms with E-state index in [1.54, 1.807) is 0 Å². The first-order valence-corrected chi connectivity index (χ1v) is 3.31. The van der Waals surface area contributed by atoms with Crippen LogP contribution in [0.4, 0.5) is 13.2 Å². The number of aromatic nitrogens is 3. The van der Waals surface area contributed by atoms with E-state index in [2.05, 4.69) is 10.2 Å². The third-order valence-electron chi connectivity index (χ3n) is 1.55. The number of carbonyl (C=O) groups is 1. The zero-order valence-corrected chi connectivity index (χ0v) is 6.88. The lowest BCUT2D eigenvalue weighted by molar-refractivity contribution is -0.0893. The fourth-order valence-corrected chi connectivity index (χ4v) is 0.732. The van der Waals surface area contributed by atoms with E-state index in [0.29, 0.717) is 0 Å². The molecule has 0 aliphatic rings. The number of alkyl halides is 3. The van der Waals surface area contributed by atoms with Crippen LogP contribution in [0, 0.1) is 6.92 Å². The minimum Gasteiger partial charge on any atom is -0.312 e. The lowest BCUT2D eigenvalue weighted by atomic mass is 10.3. The molecule has 1 aromatic rings. The van der Waals surface area contributed by atoms with E-state index in [1.807, 2.05) is 0 Å². The number of ketones is 1. The molecule has 0 saturated heterocycles. The van der Waals surface area contributed by atoms with Crippen molar-refractivity contribution in [2.45, 2.75) is 13.1 Å². The highest BCUT2D eigenvalue weighted by molar-refractivity contribution is 5.97. The molecular formula is C6H6F3N3O. The summed E-state index contributed by atoms with van der Waals surface area (Å²) in [7, 11) is 1.30. The van der Waals surface area contributed by atoms with Crippen molar-refractivity contribution >= 4 is 5.78 Å². The molecule has 13 heavy (non-hydrogen) atoms. The van der Waals surface area contributed by atoms with Gasteiger partial charge < -0.3 is 4.57 Å². The highest BCUT2D eigenvalue weighted by Gasteiger charge is 2.42. The molecule has 1 heterocycles. The monoisotopic (exact) mass is 193 g/mol. The van der Waals surface area contributed by atoms with Gasteiger partial charge in [-0.3, -0.25) is 4.79 Å². The summed E-state index contributed by atoms with van der Waals surface area (Å²) < 4.78 is 36.7. The Balaban J connectivity index is 3.10. The van der Waals surface area contributed by atoms with Crippen LogP contribution in [0.5, 0.6) is 0 Å². The molecule has 0 aliphatic heterocycles. The van der Waals surface area contributed by atoms with Gasteiger partial charge in [0.25, 0.3) is 0 Å². The fourth-order valence-electron chi connectivity index (χ4n) is 0.732. The number of aryl methyl sites for hydroxylation is 1. The summed E-state index contributed by atoms with van der Waals surface area (Å²) in [4.78, 5) is 10.7. The number of halogens is 3. The first-order valence-electron chi connectivity index (χ1n) is 3.31. The number of carbonyl (C=O) groups excluding carboxylic acids is 1. The molecule has 0 saturated carbocycles. The van der Waals surface area contributed by atoms with Gasteiger partial charge in [-0.1, -0.05) is 0 Å². The molecule has 0 atom stereocenters. The Bertz CT molecular complexity index is 341. The van der Waals surface area contributed by atoms with Gasteiger partial charge in [0.2, 0.25) is 5.82 Å². The molecule has 1 aromatic heterocycles. The lowest BCUT2D eigenvalue weighted by Crippen LogP contribution is -2.26. The van der Waals surface area contributed by atoms with Crippen LogP contribution in [0.3, 0.4) is 0 Å². The van der Waals surface area contributed by atoms with Crippen molar-refractivity contribution in [1.82, 2.24) is 14.8 Å². The Labute approximate surface area is 71.4 Å². The smallest absolute Gasteiger partial charge is 0.312 e. The zero-order chi connectivity index (χ0) is 10.2. The SMILES string of the molecule is Cc1nnc(C(=O)C(F)(F)F)n1C. The second-order valence-corrected chi connectivity index (χ2v) is 2.46. The summed E-state index contributed by atoms with van der Waals surface area (Å²) >= 11 is 0. The Morgan fingerprint density at radius 1 is 1.38 bits per heavy atom. The zero-order valence-electron chi connectivity index (χ0n) is 6.88. The molecule has 0 radical (unpaired) electrons.